The first-order valence-corrected chi connectivity index (χ1v) is 6.33. The summed E-state index contributed by atoms with van der Waals surface area (Å²) in [6, 6.07) is 11.9. The molecular formula is C14H10ClN3O2. The fourth-order valence-electron chi connectivity index (χ4n) is 2.02. The van der Waals surface area contributed by atoms with Crippen LogP contribution in [0.3, 0.4) is 0 Å². The van der Waals surface area contributed by atoms with Crippen LogP contribution in [0.15, 0.2) is 47.3 Å². The van der Waals surface area contributed by atoms with Crippen molar-refractivity contribution in [1.29, 1.82) is 0 Å². The van der Waals surface area contributed by atoms with Crippen molar-refractivity contribution in [3.63, 3.8) is 0 Å². The number of para-hydroxylation sites is 1. The molecule has 3 rings (SSSR count). The lowest BCUT2D eigenvalue weighted by Crippen LogP contribution is -2.23. The van der Waals surface area contributed by atoms with Gasteiger partial charge in [0.2, 0.25) is 0 Å². The number of fused-ring (bicyclic) bond motifs is 1. The van der Waals surface area contributed by atoms with Crippen LogP contribution in [0.4, 0.5) is 0 Å². The van der Waals surface area contributed by atoms with E-state index in [9.17, 15) is 9.90 Å². The highest BCUT2D eigenvalue weighted by molar-refractivity contribution is 6.31. The summed E-state index contributed by atoms with van der Waals surface area (Å²) in [4.78, 5) is 12.5. The van der Waals surface area contributed by atoms with Crippen LogP contribution >= 0.6 is 11.6 Å². The molecule has 6 heteroatoms. The van der Waals surface area contributed by atoms with Gasteiger partial charge in [-0.05, 0) is 24.3 Å². The van der Waals surface area contributed by atoms with Gasteiger partial charge in [-0.3, -0.25) is 4.79 Å². The predicted molar refractivity (Wildman–Crippen MR) is 76.1 cm³/mol. The van der Waals surface area contributed by atoms with Crippen molar-refractivity contribution >= 4 is 22.5 Å². The summed E-state index contributed by atoms with van der Waals surface area (Å²) in [6.45, 7) is -0.183. The van der Waals surface area contributed by atoms with E-state index in [-0.39, 0.29) is 12.2 Å². The molecule has 1 heterocycles. The summed E-state index contributed by atoms with van der Waals surface area (Å²) < 4.78 is 1.17. The number of aliphatic hydroxyl groups excluding tert-OH is 1. The molecule has 0 atom stereocenters. The van der Waals surface area contributed by atoms with Crippen LogP contribution in [0.25, 0.3) is 16.6 Å². The molecule has 0 unspecified atom stereocenters. The number of aliphatic hydroxyl groups is 1. The fourth-order valence-corrected chi connectivity index (χ4v) is 2.20. The molecule has 0 amide bonds. The Labute approximate surface area is 119 Å². The van der Waals surface area contributed by atoms with Crippen LogP contribution in [0.5, 0.6) is 0 Å². The Bertz CT molecular complexity index is 845. The van der Waals surface area contributed by atoms with E-state index in [2.05, 4.69) is 10.3 Å². The van der Waals surface area contributed by atoms with Crippen LogP contribution in [-0.2, 0) is 6.61 Å². The second-order valence-electron chi connectivity index (χ2n) is 4.25. The molecule has 0 aliphatic rings. The monoisotopic (exact) mass is 287 g/mol. The molecule has 0 saturated heterocycles. The van der Waals surface area contributed by atoms with Crippen molar-refractivity contribution in [2.75, 3.05) is 0 Å². The number of benzene rings is 2. The van der Waals surface area contributed by atoms with E-state index in [0.717, 1.165) is 0 Å². The third kappa shape index (κ3) is 2.07. The van der Waals surface area contributed by atoms with E-state index < -0.39 is 0 Å². The maximum atomic E-state index is 12.5. The molecule has 0 aliphatic carbocycles. The molecule has 0 radical (unpaired) electrons. The van der Waals surface area contributed by atoms with Crippen molar-refractivity contribution in [2.24, 2.45) is 0 Å². The minimum absolute atomic E-state index is 0.183. The van der Waals surface area contributed by atoms with Crippen LogP contribution in [0, 0.1) is 0 Å². The highest BCUT2D eigenvalue weighted by Gasteiger charge is 2.10. The molecule has 2 aromatic carbocycles. The first kappa shape index (κ1) is 12.8. The minimum Gasteiger partial charge on any atom is -0.392 e. The van der Waals surface area contributed by atoms with E-state index in [1.54, 1.807) is 42.5 Å². The van der Waals surface area contributed by atoms with Crippen LogP contribution in [0.2, 0.25) is 5.02 Å². The highest BCUT2D eigenvalue weighted by atomic mass is 35.5. The molecule has 0 saturated carbocycles. The van der Waals surface area contributed by atoms with E-state index in [0.29, 0.717) is 27.2 Å². The number of rotatable bonds is 2. The average molecular weight is 288 g/mol. The molecule has 0 spiro atoms. The molecule has 100 valence electrons. The SMILES string of the molecule is O=c1c2cc(Cl)ccc2nnn1-c1ccccc1CO. The molecule has 0 fully saturated rings. The Hall–Kier alpha value is -2.24. The Morgan fingerprint density at radius 3 is 2.80 bits per heavy atom. The lowest BCUT2D eigenvalue weighted by atomic mass is 10.2. The zero-order valence-electron chi connectivity index (χ0n) is 10.3. The Balaban J connectivity index is 2.32. The van der Waals surface area contributed by atoms with Gasteiger partial charge in [-0.2, -0.15) is 4.68 Å². The first-order valence-electron chi connectivity index (χ1n) is 5.95. The number of halogens is 1. The zero-order valence-corrected chi connectivity index (χ0v) is 11.1. The number of aromatic nitrogens is 3. The predicted octanol–water partition coefficient (Wildman–Crippen LogP) is 1.93. The lowest BCUT2D eigenvalue weighted by Gasteiger charge is -2.08. The van der Waals surface area contributed by atoms with Crippen molar-refractivity contribution < 1.29 is 5.11 Å². The van der Waals surface area contributed by atoms with E-state index in [1.807, 2.05) is 0 Å². The normalized spacial score (nSPS) is 10.9. The Morgan fingerprint density at radius 2 is 2.00 bits per heavy atom. The third-order valence-corrected chi connectivity index (χ3v) is 3.25. The first-order chi connectivity index (χ1) is 9.70. The molecule has 1 N–H and O–H groups in total. The smallest absolute Gasteiger partial charge is 0.282 e. The number of nitrogens with zero attached hydrogens (tertiary/aromatic N) is 3. The standard InChI is InChI=1S/C14H10ClN3O2/c15-10-5-6-12-11(7-10)14(20)18(17-16-12)13-4-2-1-3-9(13)8-19/h1-7,19H,8H2. The van der Waals surface area contributed by atoms with Crippen LogP contribution < -0.4 is 5.56 Å². The van der Waals surface area contributed by atoms with Gasteiger partial charge in [0, 0.05) is 10.6 Å². The minimum atomic E-state index is -0.321. The molecule has 5 nitrogen and oxygen atoms in total. The molecule has 1 aromatic heterocycles. The summed E-state index contributed by atoms with van der Waals surface area (Å²) in [5, 5.41) is 18.1. The second-order valence-corrected chi connectivity index (χ2v) is 4.69. The van der Waals surface area contributed by atoms with Crippen LogP contribution in [-0.4, -0.2) is 20.1 Å². The quantitative estimate of drug-likeness (QED) is 0.782. The van der Waals surface area contributed by atoms with Gasteiger partial charge >= 0.3 is 0 Å². The van der Waals surface area contributed by atoms with Crippen molar-refractivity contribution in [3.05, 3.63) is 63.4 Å². The van der Waals surface area contributed by atoms with Gasteiger partial charge in [-0.25, -0.2) is 0 Å². The topological polar surface area (TPSA) is 68.0 Å². The van der Waals surface area contributed by atoms with Gasteiger partial charge in [0.15, 0.2) is 0 Å². The molecule has 3 aromatic rings. The average Bonchev–Trinajstić information content (AvgIpc) is 2.48. The van der Waals surface area contributed by atoms with E-state index in [1.165, 1.54) is 4.68 Å². The zero-order chi connectivity index (χ0) is 14.1. The maximum Gasteiger partial charge on any atom is 0.282 e. The van der Waals surface area contributed by atoms with Gasteiger partial charge in [0.25, 0.3) is 5.56 Å². The lowest BCUT2D eigenvalue weighted by molar-refractivity contribution is 0.281. The fraction of sp³-hybridized carbons (Fsp3) is 0.0714. The number of hydrogen-bond donors (Lipinski definition) is 1. The Kier molecular flexibility index (Phi) is 3.22. The van der Waals surface area contributed by atoms with Crippen molar-refractivity contribution in [3.8, 4) is 5.69 Å². The molecule has 0 aliphatic heterocycles. The van der Waals surface area contributed by atoms with Crippen molar-refractivity contribution in [1.82, 2.24) is 15.0 Å². The second kappa shape index (κ2) is 5.03. The van der Waals surface area contributed by atoms with Crippen molar-refractivity contribution in [2.45, 2.75) is 6.61 Å². The highest BCUT2D eigenvalue weighted by Crippen LogP contribution is 2.16. The summed E-state index contributed by atoms with van der Waals surface area (Å²) in [7, 11) is 0. The van der Waals surface area contributed by atoms with Crippen LogP contribution in [0.1, 0.15) is 5.56 Å². The van der Waals surface area contributed by atoms with E-state index in [4.69, 9.17) is 11.6 Å². The largest absolute Gasteiger partial charge is 0.392 e. The summed E-state index contributed by atoms with van der Waals surface area (Å²) in [5.74, 6) is 0. The summed E-state index contributed by atoms with van der Waals surface area (Å²) in [5.41, 5.74) is 1.27. The molecule has 20 heavy (non-hydrogen) atoms. The van der Waals surface area contributed by atoms with Gasteiger partial charge in [0.05, 0.1) is 17.7 Å². The summed E-state index contributed by atoms with van der Waals surface area (Å²) in [6.07, 6.45) is 0. The van der Waals surface area contributed by atoms with Gasteiger partial charge in [-0.1, -0.05) is 35.0 Å². The van der Waals surface area contributed by atoms with E-state index >= 15 is 0 Å². The third-order valence-electron chi connectivity index (χ3n) is 3.01. The summed E-state index contributed by atoms with van der Waals surface area (Å²) >= 11 is 5.91. The number of hydrogen-bond acceptors (Lipinski definition) is 4. The maximum absolute atomic E-state index is 12.5. The Morgan fingerprint density at radius 1 is 1.20 bits per heavy atom. The molecule has 0 bridgehead atoms. The molecular weight excluding hydrogens is 278 g/mol. The van der Waals surface area contributed by atoms with Gasteiger partial charge < -0.3 is 5.11 Å². The van der Waals surface area contributed by atoms with Gasteiger partial charge in [-0.15, -0.1) is 5.10 Å². The van der Waals surface area contributed by atoms with Gasteiger partial charge in [0.1, 0.15) is 5.52 Å².